The van der Waals surface area contributed by atoms with E-state index in [1.165, 1.54) is 7.11 Å². The fourth-order valence-corrected chi connectivity index (χ4v) is 2.53. The van der Waals surface area contributed by atoms with Crippen LogP contribution in [0.5, 0.6) is 0 Å². The summed E-state index contributed by atoms with van der Waals surface area (Å²) in [6.07, 6.45) is -3.57. The molecule has 2 saturated heterocycles. The van der Waals surface area contributed by atoms with Crippen molar-refractivity contribution in [3.8, 4) is 0 Å². The molecule has 2 aliphatic heterocycles. The molecule has 1 aromatic carbocycles. The molecule has 104 valence electrons. The number of alkyl halides is 1. The average molecular weight is 268 g/mol. The van der Waals surface area contributed by atoms with E-state index in [1.807, 2.05) is 30.3 Å². The second kappa shape index (κ2) is 5.54. The van der Waals surface area contributed by atoms with Gasteiger partial charge >= 0.3 is 0 Å². The van der Waals surface area contributed by atoms with Gasteiger partial charge in [-0.15, -0.1) is 0 Å². The monoisotopic (exact) mass is 268 g/mol. The molecule has 0 unspecified atom stereocenters. The van der Waals surface area contributed by atoms with Crippen molar-refractivity contribution in [1.82, 2.24) is 0 Å². The summed E-state index contributed by atoms with van der Waals surface area (Å²) in [5.41, 5.74) is 1.00. The Morgan fingerprint density at radius 2 is 2.05 bits per heavy atom. The van der Waals surface area contributed by atoms with Crippen LogP contribution in [-0.4, -0.2) is 44.5 Å². The van der Waals surface area contributed by atoms with Gasteiger partial charge in [0.05, 0.1) is 13.2 Å². The summed E-state index contributed by atoms with van der Waals surface area (Å²) in [4.78, 5) is 0. The Balaban J connectivity index is 1.66. The zero-order chi connectivity index (χ0) is 13.2. The number of rotatable bonds is 4. The standard InChI is InChI=1S/C14H17FO4/c1-16-13-11(15)12(10-8-18-14(13)19-10)17-7-9-5-3-2-4-6-9/h2-6,10-14H,7-8H2,1H3/t10-,11+,12-,13-,14-/m1/s1. The summed E-state index contributed by atoms with van der Waals surface area (Å²) < 4.78 is 36.1. The lowest BCUT2D eigenvalue weighted by molar-refractivity contribution is -0.231. The predicted molar refractivity (Wildman–Crippen MR) is 65.3 cm³/mol. The number of fused-ring (bicyclic) bond motifs is 2. The number of ether oxygens (including phenoxy) is 4. The Bertz CT molecular complexity index is 413. The first kappa shape index (κ1) is 13.0. The number of benzene rings is 1. The van der Waals surface area contributed by atoms with Gasteiger partial charge in [0.1, 0.15) is 18.3 Å². The largest absolute Gasteiger partial charge is 0.373 e. The van der Waals surface area contributed by atoms with Crippen LogP contribution in [0, 0.1) is 0 Å². The van der Waals surface area contributed by atoms with Crippen LogP contribution in [0.15, 0.2) is 30.3 Å². The van der Waals surface area contributed by atoms with Gasteiger partial charge in [0.15, 0.2) is 12.5 Å². The minimum atomic E-state index is -1.24. The highest BCUT2D eigenvalue weighted by molar-refractivity contribution is 5.13. The molecule has 1 aromatic rings. The molecule has 0 radical (unpaired) electrons. The Morgan fingerprint density at radius 3 is 2.79 bits per heavy atom. The summed E-state index contributed by atoms with van der Waals surface area (Å²) in [5, 5.41) is 0. The van der Waals surface area contributed by atoms with E-state index >= 15 is 0 Å². The first-order valence-electron chi connectivity index (χ1n) is 6.39. The molecular weight excluding hydrogens is 251 g/mol. The van der Waals surface area contributed by atoms with E-state index in [4.69, 9.17) is 18.9 Å². The van der Waals surface area contributed by atoms with Gasteiger partial charge in [-0.25, -0.2) is 4.39 Å². The molecule has 19 heavy (non-hydrogen) atoms. The zero-order valence-electron chi connectivity index (χ0n) is 10.7. The summed E-state index contributed by atoms with van der Waals surface area (Å²) in [5.74, 6) is 0. The van der Waals surface area contributed by atoms with Crippen molar-refractivity contribution in [2.75, 3.05) is 13.7 Å². The first-order chi connectivity index (χ1) is 9.29. The molecule has 0 aliphatic carbocycles. The number of hydrogen-bond acceptors (Lipinski definition) is 4. The number of methoxy groups -OCH3 is 1. The fourth-order valence-electron chi connectivity index (χ4n) is 2.53. The predicted octanol–water partition coefficient (Wildman–Crippen LogP) is 1.68. The van der Waals surface area contributed by atoms with Gasteiger partial charge in [-0.3, -0.25) is 0 Å². The third-order valence-corrected chi connectivity index (χ3v) is 3.55. The average Bonchev–Trinajstić information content (AvgIpc) is 2.86. The fraction of sp³-hybridized carbons (Fsp3) is 0.571. The molecule has 0 aromatic heterocycles. The summed E-state index contributed by atoms with van der Waals surface area (Å²) in [6.45, 7) is 0.706. The Morgan fingerprint density at radius 1 is 1.26 bits per heavy atom. The molecule has 2 fully saturated rings. The third kappa shape index (κ3) is 2.51. The highest BCUT2D eigenvalue weighted by Crippen LogP contribution is 2.33. The van der Waals surface area contributed by atoms with Crippen LogP contribution in [-0.2, 0) is 25.6 Å². The van der Waals surface area contributed by atoms with E-state index in [1.54, 1.807) is 0 Å². The Hall–Kier alpha value is -1.01. The lowest BCUT2D eigenvalue weighted by atomic mass is 10.0. The number of halogens is 1. The first-order valence-corrected chi connectivity index (χ1v) is 6.39. The molecule has 0 amide bonds. The third-order valence-electron chi connectivity index (χ3n) is 3.55. The van der Waals surface area contributed by atoms with E-state index in [0.717, 1.165) is 5.56 Å². The van der Waals surface area contributed by atoms with Crippen molar-refractivity contribution in [1.29, 1.82) is 0 Å². The highest BCUT2D eigenvalue weighted by Gasteiger charge is 2.52. The molecule has 0 saturated carbocycles. The van der Waals surface area contributed by atoms with Crippen molar-refractivity contribution in [3.63, 3.8) is 0 Å². The molecule has 5 atom stereocenters. The smallest absolute Gasteiger partial charge is 0.187 e. The Labute approximate surface area is 111 Å². The van der Waals surface area contributed by atoms with Crippen molar-refractivity contribution < 1.29 is 23.3 Å². The quantitative estimate of drug-likeness (QED) is 0.832. The van der Waals surface area contributed by atoms with Crippen molar-refractivity contribution in [2.24, 2.45) is 0 Å². The number of hydrogen-bond donors (Lipinski definition) is 0. The van der Waals surface area contributed by atoms with Gasteiger partial charge in [0.25, 0.3) is 0 Å². The van der Waals surface area contributed by atoms with E-state index < -0.39 is 24.7 Å². The van der Waals surface area contributed by atoms with E-state index in [9.17, 15) is 4.39 Å². The van der Waals surface area contributed by atoms with Crippen LogP contribution >= 0.6 is 0 Å². The van der Waals surface area contributed by atoms with Gasteiger partial charge in [-0.1, -0.05) is 30.3 Å². The topological polar surface area (TPSA) is 36.9 Å². The minimum absolute atomic E-state index is 0.352. The van der Waals surface area contributed by atoms with Gasteiger partial charge < -0.3 is 18.9 Å². The molecule has 0 N–H and O–H groups in total. The molecule has 2 aliphatic rings. The lowest BCUT2D eigenvalue weighted by Crippen LogP contribution is -2.53. The van der Waals surface area contributed by atoms with Gasteiger partial charge in [-0.05, 0) is 5.56 Å². The van der Waals surface area contributed by atoms with Crippen LogP contribution in [0.25, 0.3) is 0 Å². The van der Waals surface area contributed by atoms with Gasteiger partial charge in [-0.2, -0.15) is 0 Å². The van der Waals surface area contributed by atoms with Gasteiger partial charge in [0.2, 0.25) is 0 Å². The maximum Gasteiger partial charge on any atom is 0.187 e. The minimum Gasteiger partial charge on any atom is -0.373 e. The maximum absolute atomic E-state index is 14.3. The maximum atomic E-state index is 14.3. The normalized spacial score (nSPS) is 37.5. The Kier molecular flexibility index (Phi) is 3.79. The van der Waals surface area contributed by atoms with Crippen molar-refractivity contribution in [3.05, 3.63) is 35.9 Å². The van der Waals surface area contributed by atoms with Crippen LogP contribution in [0.3, 0.4) is 0 Å². The van der Waals surface area contributed by atoms with Crippen LogP contribution < -0.4 is 0 Å². The molecule has 2 bridgehead atoms. The summed E-state index contributed by atoms with van der Waals surface area (Å²) in [6, 6.07) is 9.67. The SMILES string of the molecule is CO[C@H]1[C@@H]2OC[C@@H](O2)[C@@H](OCc2ccccc2)[C@@H]1F. The second-order valence-corrected chi connectivity index (χ2v) is 4.78. The van der Waals surface area contributed by atoms with Crippen LogP contribution in [0.4, 0.5) is 4.39 Å². The van der Waals surface area contributed by atoms with Crippen LogP contribution in [0.1, 0.15) is 5.56 Å². The molecular formula is C14H17FO4. The van der Waals surface area contributed by atoms with E-state index in [0.29, 0.717) is 13.2 Å². The lowest BCUT2D eigenvalue weighted by Gasteiger charge is -2.35. The second-order valence-electron chi connectivity index (χ2n) is 4.78. The highest BCUT2D eigenvalue weighted by atomic mass is 19.1. The van der Waals surface area contributed by atoms with E-state index in [2.05, 4.69) is 0 Å². The molecule has 4 nitrogen and oxygen atoms in total. The van der Waals surface area contributed by atoms with Crippen molar-refractivity contribution in [2.45, 2.75) is 37.4 Å². The van der Waals surface area contributed by atoms with E-state index in [-0.39, 0.29) is 6.10 Å². The van der Waals surface area contributed by atoms with Crippen molar-refractivity contribution >= 4 is 0 Å². The molecule has 2 heterocycles. The van der Waals surface area contributed by atoms with Gasteiger partial charge in [0, 0.05) is 7.11 Å². The molecule has 3 rings (SSSR count). The molecule has 0 spiro atoms. The molecule has 5 heteroatoms. The summed E-state index contributed by atoms with van der Waals surface area (Å²) in [7, 11) is 1.46. The zero-order valence-corrected chi connectivity index (χ0v) is 10.7. The summed E-state index contributed by atoms with van der Waals surface area (Å²) >= 11 is 0. The van der Waals surface area contributed by atoms with Crippen LogP contribution in [0.2, 0.25) is 0 Å².